The quantitative estimate of drug-likeness (QED) is 0.889. The zero-order valence-electron chi connectivity index (χ0n) is 11.6. The van der Waals surface area contributed by atoms with Crippen molar-refractivity contribution in [1.29, 1.82) is 0 Å². The van der Waals surface area contributed by atoms with Crippen LogP contribution >= 0.6 is 0 Å². The fourth-order valence-corrected chi connectivity index (χ4v) is 2.40. The second-order valence-electron chi connectivity index (χ2n) is 4.93. The summed E-state index contributed by atoms with van der Waals surface area (Å²) in [6.07, 6.45) is 3.69. The molecule has 0 heterocycles. The number of aliphatic hydroxyl groups is 1. The van der Waals surface area contributed by atoms with Crippen LogP contribution in [0.3, 0.4) is 0 Å². The molecule has 1 saturated carbocycles. The topological polar surface area (TPSA) is 47.9 Å². The Morgan fingerprint density at radius 3 is 2.37 bits per heavy atom. The molecule has 4 nitrogen and oxygen atoms in total. The van der Waals surface area contributed by atoms with Gasteiger partial charge in [0.05, 0.1) is 33.0 Å². The Hall–Kier alpha value is -1.26. The molecule has 1 aliphatic carbocycles. The Morgan fingerprint density at radius 1 is 1.05 bits per heavy atom. The van der Waals surface area contributed by atoms with Crippen LogP contribution in [0, 0.1) is 0 Å². The van der Waals surface area contributed by atoms with Gasteiger partial charge in [0.1, 0.15) is 0 Å². The Morgan fingerprint density at radius 2 is 1.74 bits per heavy atom. The number of hydrogen-bond acceptors (Lipinski definition) is 4. The van der Waals surface area contributed by atoms with Gasteiger partial charge in [-0.1, -0.05) is 6.07 Å². The molecule has 1 aromatic rings. The number of benzene rings is 1. The molecule has 1 N–H and O–H groups in total. The first-order chi connectivity index (χ1) is 9.22. The Labute approximate surface area is 114 Å². The van der Waals surface area contributed by atoms with Gasteiger partial charge in [-0.3, -0.25) is 0 Å². The van der Waals surface area contributed by atoms with E-state index in [4.69, 9.17) is 14.2 Å². The molecule has 1 aliphatic rings. The molecule has 106 valence electrons. The van der Waals surface area contributed by atoms with Gasteiger partial charge in [-0.15, -0.1) is 0 Å². The minimum Gasteiger partial charge on any atom is -0.493 e. The smallest absolute Gasteiger partial charge is 0.161 e. The van der Waals surface area contributed by atoms with E-state index >= 15 is 0 Å². The number of ether oxygens (including phenoxy) is 3. The van der Waals surface area contributed by atoms with E-state index in [1.165, 1.54) is 0 Å². The second kappa shape index (κ2) is 6.78. The van der Waals surface area contributed by atoms with Gasteiger partial charge in [0.2, 0.25) is 0 Å². The van der Waals surface area contributed by atoms with Gasteiger partial charge >= 0.3 is 0 Å². The Kier molecular flexibility index (Phi) is 5.05. The van der Waals surface area contributed by atoms with Gasteiger partial charge in [0, 0.05) is 0 Å². The lowest BCUT2D eigenvalue weighted by Crippen LogP contribution is -2.24. The van der Waals surface area contributed by atoms with Crippen LogP contribution in [0.25, 0.3) is 0 Å². The van der Waals surface area contributed by atoms with Crippen molar-refractivity contribution >= 4 is 0 Å². The van der Waals surface area contributed by atoms with Crippen molar-refractivity contribution in [3.63, 3.8) is 0 Å². The minimum absolute atomic E-state index is 0.138. The monoisotopic (exact) mass is 266 g/mol. The third-order valence-corrected chi connectivity index (χ3v) is 3.58. The SMILES string of the molecule is COc1ccc(COC2CCC(O)CC2)cc1OC. The van der Waals surface area contributed by atoms with Crippen molar-refractivity contribution in [2.75, 3.05) is 14.2 Å². The average Bonchev–Trinajstić information content (AvgIpc) is 2.46. The zero-order chi connectivity index (χ0) is 13.7. The maximum Gasteiger partial charge on any atom is 0.161 e. The summed E-state index contributed by atoms with van der Waals surface area (Å²) in [5, 5.41) is 9.45. The number of methoxy groups -OCH3 is 2. The predicted octanol–water partition coefficient (Wildman–Crippen LogP) is 2.52. The molecule has 1 fully saturated rings. The average molecular weight is 266 g/mol. The summed E-state index contributed by atoms with van der Waals surface area (Å²) >= 11 is 0. The first kappa shape index (κ1) is 14.2. The van der Waals surface area contributed by atoms with E-state index in [0.29, 0.717) is 6.61 Å². The molecular formula is C15H22O4. The molecule has 0 atom stereocenters. The van der Waals surface area contributed by atoms with Crippen LogP contribution in [0.5, 0.6) is 11.5 Å². The molecule has 0 aromatic heterocycles. The first-order valence-corrected chi connectivity index (χ1v) is 6.73. The second-order valence-corrected chi connectivity index (χ2v) is 4.93. The molecule has 4 heteroatoms. The molecular weight excluding hydrogens is 244 g/mol. The van der Waals surface area contributed by atoms with Gasteiger partial charge in [0.15, 0.2) is 11.5 Å². The molecule has 0 radical (unpaired) electrons. The summed E-state index contributed by atoms with van der Waals surface area (Å²) < 4.78 is 16.4. The summed E-state index contributed by atoms with van der Waals surface area (Å²) in [4.78, 5) is 0. The van der Waals surface area contributed by atoms with Gasteiger partial charge in [0.25, 0.3) is 0 Å². The van der Waals surface area contributed by atoms with E-state index in [1.807, 2.05) is 18.2 Å². The Bertz CT molecular complexity index is 397. The van der Waals surface area contributed by atoms with Crippen molar-refractivity contribution in [3.8, 4) is 11.5 Å². The van der Waals surface area contributed by atoms with Crippen molar-refractivity contribution in [2.24, 2.45) is 0 Å². The van der Waals surface area contributed by atoms with Crippen LogP contribution in [0.1, 0.15) is 31.2 Å². The first-order valence-electron chi connectivity index (χ1n) is 6.73. The Balaban J connectivity index is 1.89. The van der Waals surface area contributed by atoms with Gasteiger partial charge in [-0.2, -0.15) is 0 Å². The minimum atomic E-state index is -0.138. The van der Waals surface area contributed by atoms with Crippen LogP contribution in [0.4, 0.5) is 0 Å². The zero-order valence-corrected chi connectivity index (χ0v) is 11.6. The normalized spacial score (nSPS) is 23.1. The maximum absolute atomic E-state index is 9.45. The van der Waals surface area contributed by atoms with Gasteiger partial charge in [-0.05, 0) is 43.4 Å². The lowest BCUT2D eigenvalue weighted by atomic mass is 9.95. The summed E-state index contributed by atoms with van der Waals surface area (Å²) in [7, 11) is 3.26. The lowest BCUT2D eigenvalue weighted by Gasteiger charge is -2.25. The van der Waals surface area contributed by atoms with Crippen LogP contribution < -0.4 is 9.47 Å². The highest BCUT2D eigenvalue weighted by atomic mass is 16.5. The molecule has 0 aliphatic heterocycles. The summed E-state index contributed by atoms with van der Waals surface area (Å²) in [5.41, 5.74) is 1.07. The van der Waals surface area contributed by atoms with Crippen LogP contribution in [0.2, 0.25) is 0 Å². The van der Waals surface area contributed by atoms with Crippen LogP contribution in [0.15, 0.2) is 18.2 Å². The van der Waals surface area contributed by atoms with Crippen molar-refractivity contribution in [2.45, 2.75) is 44.5 Å². The molecule has 19 heavy (non-hydrogen) atoms. The van der Waals surface area contributed by atoms with Crippen molar-refractivity contribution in [1.82, 2.24) is 0 Å². The van der Waals surface area contributed by atoms with E-state index in [-0.39, 0.29) is 12.2 Å². The summed E-state index contributed by atoms with van der Waals surface area (Å²) in [6, 6.07) is 5.82. The van der Waals surface area contributed by atoms with Crippen molar-refractivity contribution < 1.29 is 19.3 Å². The maximum atomic E-state index is 9.45. The van der Waals surface area contributed by atoms with E-state index in [9.17, 15) is 5.11 Å². The molecule has 0 bridgehead atoms. The highest BCUT2D eigenvalue weighted by Gasteiger charge is 2.19. The highest BCUT2D eigenvalue weighted by Crippen LogP contribution is 2.28. The number of hydrogen-bond donors (Lipinski definition) is 1. The fraction of sp³-hybridized carbons (Fsp3) is 0.600. The van der Waals surface area contributed by atoms with Crippen molar-refractivity contribution in [3.05, 3.63) is 23.8 Å². The number of aliphatic hydroxyl groups excluding tert-OH is 1. The van der Waals surface area contributed by atoms with Gasteiger partial charge in [-0.25, -0.2) is 0 Å². The third kappa shape index (κ3) is 3.85. The predicted molar refractivity (Wildman–Crippen MR) is 72.6 cm³/mol. The molecule has 1 aromatic carbocycles. The van der Waals surface area contributed by atoms with E-state index in [0.717, 1.165) is 42.7 Å². The lowest BCUT2D eigenvalue weighted by molar-refractivity contribution is -0.0119. The molecule has 0 spiro atoms. The molecule has 0 unspecified atom stereocenters. The standard InChI is InChI=1S/C15H22O4/c1-17-14-8-3-11(9-15(14)18-2)10-19-13-6-4-12(16)5-7-13/h3,8-9,12-13,16H,4-7,10H2,1-2H3. The molecule has 0 saturated heterocycles. The number of rotatable bonds is 5. The molecule has 0 amide bonds. The van der Waals surface area contributed by atoms with E-state index in [2.05, 4.69) is 0 Å². The van der Waals surface area contributed by atoms with Crippen LogP contribution in [-0.4, -0.2) is 31.5 Å². The highest BCUT2D eigenvalue weighted by molar-refractivity contribution is 5.42. The van der Waals surface area contributed by atoms with Gasteiger partial charge < -0.3 is 19.3 Å². The third-order valence-electron chi connectivity index (χ3n) is 3.58. The summed E-state index contributed by atoms with van der Waals surface area (Å²) in [6.45, 7) is 0.571. The fourth-order valence-electron chi connectivity index (χ4n) is 2.40. The van der Waals surface area contributed by atoms with E-state index < -0.39 is 0 Å². The largest absolute Gasteiger partial charge is 0.493 e. The molecule has 2 rings (SSSR count). The summed E-state index contributed by atoms with van der Waals surface area (Å²) in [5.74, 6) is 1.45. The van der Waals surface area contributed by atoms with Crippen LogP contribution in [-0.2, 0) is 11.3 Å². The van der Waals surface area contributed by atoms with E-state index in [1.54, 1.807) is 14.2 Å².